The molecule has 0 unspecified atom stereocenters. The lowest BCUT2D eigenvalue weighted by Gasteiger charge is -2.16. The maximum absolute atomic E-state index is 13.7. The first-order valence-corrected chi connectivity index (χ1v) is 8.21. The number of nitrogens with one attached hydrogen (secondary N) is 1. The number of anilines is 1. The van der Waals surface area contributed by atoms with Crippen LogP contribution in [-0.2, 0) is 6.18 Å². The molecule has 144 valence electrons. The Morgan fingerprint density at radius 2 is 1.89 bits per heavy atom. The molecule has 0 aliphatic rings. The van der Waals surface area contributed by atoms with E-state index in [4.69, 9.17) is 9.84 Å². The highest BCUT2D eigenvalue weighted by molar-refractivity contribution is 9.10. The zero-order valence-corrected chi connectivity index (χ0v) is 15.2. The van der Waals surface area contributed by atoms with Gasteiger partial charge in [-0.2, -0.15) is 13.2 Å². The van der Waals surface area contributed by atoms with Crippen LogP contribution in [0.1, 0.15) is 33.2 Å². The monoisotopic (exact) mass is 449 g/mol. The van der Waals surface area contributed by atoms with Gasteiger partial charge in [0.15, 0.2) is 0 Å². The van der Waals surface area contributed by atoms with Crippen molar-refractivity contribution in [2.24, 2.45) is 0 Å². The number of carbonyl (C=O) groups excluding carboxylic acids is 1. The topological polar surface area (TPSA) is 75.6 Å². The summed E-state index contributed by atoms with van der Waals surface area (Å²) in [5.74, 6) is -3.97. The molecule has 0 spiro atoms. The van der Waals surface area contributed by atoms with E-state index < -0.39 is 40.7 Å². The highest BCUT2D eigenvalue weighted by atomic mass is 79.9. The van der Waals surface area contributed by atoms with Crippen LogP contribution in [0.25, 0.3) is 0 Å². The summed E-state index contributed by atoms with van der Waals surface area (Å²) in [7, 11) is 0. The molecule has 0 radical (unpaired) electrons. The third kappa shape index (κ3) is 4.76. The molecule has 0 bridgehead atoms. The van der Waals surface area contributed by atoms with Crippen molar-refractivity contribution in [2.45, 2.75) is 13.1 Å². The third-order valence-electron chi connectivity index (χ3n) is 3.36. The minimum atomic E-state index is -4.77. The van der Waals surface area contributed by atoms with Crippen molar-refractivity contribution in [1.82, 2.24) is 0 Å². The first-order valence-electron chi connectivity index (χ1n) is 7.42. The molecule has 2 rings (SSSR count). The first kappa shape index (κ1) is 20.7. The predicted octanol–water partition coefficient (Wildman–Crippen LogP) is 4.96. The van der Waals surface area contributed by atoms with Gasteiger partial charge in [-0.3, -0.25) is 4.79 Å². The Morgan fingerprint density at radius 1 is 1.22 bits per heavy atom. The average Bonchev–Trinajstić information content (AvgIpc) is 2.55. The number of carbonyl (C=O) groups is 2. The molecule has 0 heterocycles. The fraction of sp³-hybridized carbons (Fsp3) is 0.176. The van der Waals surface area contributed by atoms with E-state index in [0.29, 0.717) is 6.07 Å². The Morgan fingerprint density at radius 3 is 2.41 bits per heavy atom. The fourth-order valence-electron chi connectivity index (χ4n) is 2.20. The predicted molar refractivity (Wildman–Crippen MR) is 91.6 cm³/mol. The fourth-order valence-corrected chi connectivity index (χ4v) is 2.77. The zero-order chi connectivity index (χ0) is 20.4. The molecule has 2 N–H and O–H groups in total. The molecular formula is C17H12BrF4NO4. The molecule has 0 aromatic heterocycles. The van der Waals surface area contributed by atoms with Crippen molar-refractivity contribution >= 4 is 33.5 Å². The molecule has 10 heteroatoms. The Hall–Kier alpha value is -2.62. The minimum absolute atomic E-state index is 0.0115. The molecule has 0 aliphatic carbocycles. The van der Waals surface area contributed by atoms with Crippen molar-refractivity contribution in [3.8, 4) is 5.75 Å². The Kier molecular flexibility index (Phi) is 6.09. The van der Waals surface area contributed by atoms with E-state index in [1.807, 2.05) is 0 Å². The minimum Gasteiger partial charge on any atom is -0.492 e. The molecule has 2 aromatic rings. The number of amides is 1. The standard InChI is InChI=1S/C17H12BrF4NO4/c1-2-27-14-11(17(20,21)22)5-8(6-12(14)18)15(24)23-9-3-4-10(16(25)26)13(19)7-9/h3-7H,2H2,1H3,(H,23,24)(H,25,26). The molecule has 2 aromatic carbocycles. The zero-order valence-electron chi connectivity index (χ0n) is 13.7. The number of ether oxygens (including phenoxy) is 1. The van der Waals surface area contributed by atoms with Gasteiger partial charge in [0.1, 0.15) is 11.6 Å². The average molecular weight is 450 g/mol. The van der Waals surface area contributed by atoms with Gasteiger partial charge in [-0.1, -0.05) is 0 Å². The second-order valence-corrected chi connectivity index (χ2v) is 6.07. The molecule has 0 saturated heterocycles. The summed E-state index contributed by atoms with van der Waals surface area (Å²) in [6.45, 7) is 1.50. The summed E-state index contributed by atoms with van der Waals surface area (Å²) in [4.78, 5) is 23.0. The van der Waals surface area contributed by atoms with Gasteiger partial charge in [0.05, 0.1) is 22.2 Å². The SMILES string of the molecule is CCOc1c(Br)cc(C(=O)Nc2ccc(C(=O)O)c(F)c2)cc1C(F)(F)F. The van der Waals surface area contributed by atoms with Gasteiger partial charge in [0, 0.05) is 11.3 Å². The van der Waals surface area contributed by atoms with Gasteiger partial charge in [0.2, 0.25) is 0 Å². The quantitative estimate of drug-likeness (QED) is 0.632. The number of hydrogen-bond acceptors (Lipinski definition) is 3. The Balaban J connectivity index is 2.38. The largest absolute Gasteiger partial charge is 0.492 e. The van der Waals surface area contributed by atoms with Crippen molar-refractivity contribution < 1.29 is 37.0 Å². The lowest BCUT2D eigenvalue weighted by atomic mass is 10.1. The van der Waals surface area contributed by atoms with Crippen LogP contribution in [0.3, 0.4) is 0 Å². The molecule has 1 amide bonds. The number of rotatable bonds is 5. The maximum atomic E-state index is 13.7. The van der Waals surface area contributed by atoms with Crippen molar-refractivity contribution in [3.63, 3.8) is 0 Å². The summed E-state index contributed by atoms with van der Waals surface area (Å²) >= 11 is 2.95. The second kappa shape index (κ2) is 7.95. The van der Waals surface area contributed by atoms with Crippen LogP contribution in [0.15, 0.2) is 34.8 Å². The van der Waals surface area contributed by atoms with E-state index in [1.54, 1.807) is 0 Å². The van der Waals surface area contributed by atoms with E-state index in [0.717, 1.165) is 24.3 Å². The second-order valence-electron chi connectivity index (χ2n) is 5.22. The van der Waals surface area contributed by atoms with E-state index >= 15 is 0 Å². The van der Waals surface area contributed by atoms with Crippen LogP contribution in [0, 0.1) is 5.82 Å². The van der Waals surface area contributed by atoms with Crippen LogP contribution >= 0.6 is 15.9 Å². The molecule has 0 atom stereocenters. The number of halogens is 5. The Labute approximate surface area is 159 Å². The highest BCUT2D eigenvalue weighted by Gasteiger charge is 2.36. The number of hydrogen-bond donors (Lipinski definition) is 2. The van der Waals surface area contributed by atoms with Gasteiger partial charge in [-0.05, 0) is 53.2 Å². The smallest absolute Gasteiger partial charge is 0.420 e. The number of carboxylic acid groups (broad SMARTS) is 1. The van der Waals surface area contributed by atoms with E-state index in [-0.39, 0.29) is 22.3 Å². The molecule has 27 heavy (non-hydrogen) atoms. The summed E-state index contributed by atoms with van der Waals surface area (Å²) in [5, 5.41) is 11.0. The van der Waals surface area contributed by atoms with Gasteiger partial charge in [-0.25, -0.2) is 9.18 Å². The molecule has 0 saturated carbocycles. The number of alkyl halides is 3. The highest BCUT2D eigenvalue weighted by Crippen LogP contribution is 2.41. The molecule has 0 fully saturated rings. The maximum Gasteiger partial charge on any atom is 0.420 e. The van der Waals surface area contributed by atoms with Gasteiger partial charge < -0.3 is 15.2 Å². The third-order valence-corrected chi connectivity index (χ3v) is 3.95. The van der Waals surface area contributed by atoms with Crippen LogP contribution in [0.2, 0.25) is 0 Å². The van der Waals surface area contributed by atoms with Gasteiger partial charge >= 0.3 is 12.1 Å². The van der Waals surface area contributed by atoms with Gasteiger partial charge in [-0.15, -0.1) is 0 Å². The summed E-state index contributed by atoms with van der Waals surface area (Å²) in [6.07, 6.45) is -4.77. The number of benzene rings is 2. The van der Waals surface area contributed by atoms with E-state index in [9.17, 15) is 27.2 Å². The van der Waals surface area contributed by atoms with Gasteiger partial charge in [0.25, 0.3) is 5.91 Å². The summed E-state index contributed by atoms with van der Waals surface area (Å²) in [6, 6.07) is 4.57. The van der Waals surface area contributed by atoms with Crippen LogP contribution in [0.4, 0.5) is 23.2 Å². The van der Waals surface area contributed by atoms with Crippen molar-refractivity contribution in [3.05, 3.63) is 57.3 Å². The number of carboxylic acids is 1. The molecule has 0 aliphatic heterocycles. The first-order chi connectivity index (χ1) is 12.5. The van der Waals surface area contributed by atoms with Crippen LogP contribution in [0.5, 0.6) is 5.75 Å². The summed E-state index contributed by atoms with van der Waals surface area (Å²) < 4.78 is 58.4. The number of aromatic carboxylic acids is 1. The molecule has 5 nitrogen and oxygen atoms in total. The Bertz CT molecular complexity index is 899. The molecular weight excluding hydrogens is 438 g/mol. The normalized spacial score (nSPS) is 11.2. The van der Waals surface area contributed by atoms with Crippen molar-refractivity contribution in [1.29, 1.82) is 0 Å². The lowest BCUT2D eigenvalue weighted by Crippen LogP contribution is -2.16. The summed E-state index contributed by atoms with van der Waals surface area (Å²) in [5.41, 5.74) is -2.20. The van der Waals surface area contributed by atoms with Crippen LogP contribution in [-0.4, -0.2) is 23.6 Å². The van der Waals surface area contributed by atoms with Crippen molar-refractivity contribution in [2.75, 3.05) is 11.9 Å². The van der Waals surface area contributed by atoms with E-state index in [2.05, 4.69) is 21.2 Å². The van der Waals surface area contributed by atoms with Crippen LogP contribution < -0.4 is 10.1 Å². The van der Waals surface area contributed by atoms with E-state index in [1.165, 1.54) is 6.92 Å². The lowest BCUT2D eigenvalue weighted by molar-refractivity contribution is -0.139.